The molecule has 0 saturated heterocycles. The van der Waals surface area contributed by atoms with Gasteiger partial charge < -0.3 is 9.84 Å². The van der Waals surface area contributed by atoms with E-state index in [1.807, 2.05) is 0 Å². The fourth-order valence-corrected chi connectivity index (χ4v) is 0.176. The summed E-state index contributed by atoms with van der Waals surface area (Å²) in [6.07, 6.45) is 1.54. The molecule has 0 unspecified atom stereocenters. The third-order valence-electron chi connectivity index (χ3n) is 0.503. The van der Waals surface area contributed by atoms with Crippen LogP contribution >= 0.6 is 0 Å². The van der Waals surface area contributed by atoms with Crippen molar-refractivity contribution in [3.8, 4) is 0 Å². The Morgan fingerprint density at radius 2 is 2.22 bits per heavy atom. The molecule has 0 heterocycles. The van der Waals surface area contributed by atoms with Gasteiger partial charge in [-0.15, -0.1) is 0 Å². The zero-order chi connectivity index (χ0) is 7.70. The predicted molar refractivity (Wildman–Crippen MR) is 34.7 cm³/mol. The van der Waals surface area contributed by atoms with E-state index in [1.54, 1.807) is 6.92 Å². The van der Waals surface area contributed by atoms with Crippen molar-refractivity contribution in [1.29, 1.82) is 0 Å². The van der Waals surface area contributed by atoms with Gasteiger partial charge in [-0.3, -0.25) is 4.79 Å². The Bertz CT molecular complexity index is 78.4. The highest BCUT2D eigenvalue weighted by molar-refractivity contribution is 5.69. The Hall–Kier alpha value is -0.830. The summed E-state index contributed by atoms with van der Waals surface area (Å²) in [7, 11) is 1.00. The average Bonchev–Trinajstić information content (AvgIpc) is 1.93. The van der Waals surface area contributed by atoms with Crippen LogP contribution in [-0.2, 0) is 9.53 Å². The maximum Gasteiger partial charge on any atom is 0.310 e. The van der Waals surface area contributed by atoms with E-state index in [0.717, 1.165) is 13.4 Å². The number of hydrogen-bond acceptors (Lipinski definition) is 3. The van der Waals surface area contributed by atoms with Gasteiger partial charge in [0.15, 0.2) is 0 Å². The van der Waals surface area contributed by atoms with Crippen LogP contribution in [0.25, 0.3) is 0 Å². The van der Waals surface area contributed by atoms with Crippen LogP contribution in [0.15, 0.2) is 12.8 Å². The summed E-state index contributed by atoms with van der Waals surface area (Å²) in [6.45, 7) is 4.93. The summed E-state index contributed by atoms with van der Waals surface area (Å²) in [5.74, 6) is -0.241. The van der Waals surface area contributed by atoms with E-state index >= 15 is 0 Å². The van der Waals surface area contributed by atoms with Crippen LogP contribution in [0, 0.1) is 0 Å². The Morgan fingerprint density at radius 1 is 1.78 bits per heavy atom. The molecule has 0 aromatic heterocycles. The third kappa shape index (κ3) is 11.0. The molecule has 0 saturated carbocycles. The highest BCUT2D eigenvalue weighted by Gasteiger charge is 1.89. The number of hydrogen-bond donors (Lipinski definition) is 1. The number of esters is 1. The van der Waals surface area contributed by atoms with E-state index in [-0.39, 0.29) is 5.97 Å². The molecule has 0 amide bonds. The van der Waals surface area contributed by atoms with Crippen LogP contribution < -0.4 is 0 Å². The number of aliphatic hydroxyl groups is 1. The van der Waals surface area contributed by atoms with Gasteiger partial charge >= 0.3 is 5.97 Å². The molecule has 0 aliphatic rings. The van der Waals surface area contributed by atoms with Crippen molar-refractivity contribution in [2.75, 3.05) is 7.11 Å². The number of carbonyl (C=O) groups is 1. The fourth-order valence-electron chi connectivity index (χ4n) is 0.176. The molecule has 0 aliphatic carbocycles. The molecule has 0 aliphatic heterocycles. The van der Waals surface area contributed by atoms with Crippen LogP contribution in [0.2, 0.25) is 0 Å². The first-order valence-electron chi connectivity index (χ1n) is 2.56. The van der Waals surface area contributed by atoms with Crippen molar-refractivity contribution in [3.05, 3.63) is 12.8 Å². The summed E-state index contributed by atoms with van der Waals surface area (Å²) < 4.78 is 4.32. The molecule has 54 valence electrons. The highest BCUT2D eigenvalue weighted by atomic mass is 16.5. The molecule has 0 rings (SSSR count). The SMILES string of the molecule is C=COC(=O)CC.CO. The van der Waals surface area contributed by atoms with Crippen LogP contribution in [0.4, 0.5) is 0 Å². The molecule has 0 spiro atoms. The number of rotatable bonds is 2. The minimum absolute atomic E-state index is 0.241. The summed E-state index contributed by atoms with van der Waals surface area (Å²) in [5.41, 5.74) is 0. The molecule has 3 heteroatoms. The van der Waals surface area contributed by atoms with Crippen LogP contribution in [0.1, 0.15) is 13.3 Å². The van der Waals surface area contributed by atoms with E-state index in [1.165, 1.54) is 0 Å². The van der Waals surface area contributed by atoms with Crippen molar-refractivity contribution in [1.82, 2.24) is 0 Å². The topological polar surface area (TPSA) is 46.5 Å². The maximum absolute atomic E-state index is 10.1. The predicted octanol–water partition coefficient (Wildman–Crippen LogP) is 0.692. The molecule has 0 aromatic rings. The first-order valence-corrected chi connectivity index (χ1v) is 2.56. The molecule has 9 heavy (non-hydrogen) atoms. The Morgan fingerprint density at radius 3 is 2.33 bits per heavy atom. The van der Waals surface area contributed by atoms with Crippen LogP contribution in [0.3, 0.4) is 0 Å². The molecule has 0 bridgehead atoms. The maximum atomic E-state index is 10.1. The lowest BCUT2D eigenvalue weighted by atomic mass is 10.5. The lowest BCUT2D eigenvalue weighted by Gasteiger charge is -1.88. The minimum Gasteiger partial charge on any atom is -0.435 e. The van der Waals surface area contributed by atoms with Crippen LogP contribution in [-0.4, -0.2) is 18.2 Å². The third-order valence-corrected chi connectivity index (χ3v) is 0.503. The van der Waals surface area contributed by atoms with Gasteiger partial charge in [-0.05, 0) is 0 Å². The Labute approximate surface area is 54.9 Å². The van der Waals surface area contributed by atoms with Crippen molar-refractivity contribution < 1.29 is 14.6 Å². The van der Waals surface area contributed by atoms with Gasteiger partial charge in [0.1, 0.15) is 0 Å². The standard InChI is InChI=1S/C5H8O2.CH4O/c1-3-5(6)7-4-2;1-2/h4H,2-3H2,1H3;2H,1H3. The van der Waals surface area contributed by atoms with E-state index in [2.05, 4.69) is 11.3 Å². The minimum atomic E-state index is -0.241. The number of aliphatic hydroxyl groups excluding tert-OH is 1. The van der Waals surface area contributed by atoms with Gasteiger partial charge in [-0.25, -0.2) is 0 Å². The number of ether oxygens (including phenoxy) is 1. The Balaban J connectivity index is 0. The quantitative estimate of drug-likeness (QED) is 0.444. The van der Waals surface area contributed by atoms with E-state index in [9.17, 15) is 4.79 Å². The second-order valence-corrected chi connectivity index (χ2v) is 1.01. The molecule has 0 radical (unpaired) electrons. The normalized spacial score (nSPS) is 6.56. The van der Waals surface area contributed by atoms with E-state index in [4.69, 9.17) is 5.11 Å². The van der Waals surface area contributed by atoms with Crippen molar-refractivity contribution in [3.63, 3.8) is 0 Å². The van der Waals surface area contributed by atoms with Gasteiger partial charge in [-0.2, -0.15) is 0 Å². The fraction of sp³-hybridized carbons (Fsp3) is 0.500. The summed E-state index contributed by atoms with van der Waals surface area (Å²) in [5, 5.41) is 7.00. The molecular formula is C6H12O3. The van der Waals surface area contributed by atoms with Gasteiger partial charge in [0.05, 0.1) is 6.26 Å². The highest BCUT2D eigenvalue weighted by Crippen LogP contribution is 1.81. The zero-order valence-corrected chi connectivity index (χ0v) is 5.76. The summed E-state index contributed by atoms with van der Waals surface area (Å²) in [6, 6.07) is 0. The van der Waals surface area contributed by atoms with Crippen LogP contribution in [0.5, 0.6) is 0 Å². The first kappa shape index (κ1) is 11.0. The summed E-state index contributed by atoms with van der Waals surface area (Å²) in [4.78, 5) is 10.1. The lowest BCUT2D eigenvalue weighted by molar-refractivity contribution is -0.137. The van der Waals surface area contributed by atoms with E-state index in [0.29, 0.717) is 6.42 Å². The smallest absolute Gasteiger partial charge is 0.310 e. The molecule has 0 atom stereocenters. The van der Waals surface area contributed by atoms with Gasteiger partial charge in [0.2, 0.25) is 0 Å². The Kier molecular flexibility index (Phi) is 12.5. The van der Waals surface area contributed by atoms with Crippen molar-refractivity contribution in [2.45, 2.75) is 13.3 Å². The van der Waals surface area contributed by atoms with E-state index < -0.39 is 0 Å². The van der Waals surface area contributed by atoms with Gasteiger partial charge in [-0.1, -0.05) is 13.5 Å². The first-order chi connectivity index (χ1) is 4.31. The molecule has 0 aromatic carbocycles. The van der Waals surface area contributed by atoms with Gasteiger partial charge in [0.25, 0.3) is 0 Å². The molecule has 1 N–H and O–H groups in total. The zero-order valence-electron chi connectivity index (χ0n) is 5.76. The molecular weight excluding hydrogens is 120 g/mol. The van der Waals surface area contributed by atoms with Gasteiger partial charge in [0, 0.05) is 13.5 Å². The largest absolute Gasteiger partial charge is 0.435 e. The monoisotopic (exact) mass is 132 g/mol. The average molecular weight is 132 g/mol. The van der Waals surface area contributed by atoms with Crippen molar-refractivity contribution in [2.24, 2.45) is 0 Å². The second kappa shape index (κ2) is 10.2. The lowest BCUT2D eigenvalue weighted by Crippen LogP contribution is -1.94. The second-order valence-electron chi connectivity index (χ2n) is 1.01. The molecule has 0 fully saturated rings. The summed E-state index contributed by atoms with van der Waals surface area (Å²) >= 11 is 0. The number of carbonyl (C=O) groups excluding carboxylic acids is 1. The molecule has 3 nitrogen and oxygen atoms in total. The van der Waals surface area contributed by atoms with Crippen molar-refractivity contribution >= 4 is 5.97 Å².